The van der Waals surface area contributed by atoms with E-state index >= 15 is 0 Å². The maximum absolute atomic E-state index is 11.8. The van der Waals surface area contributed by atoms with Crippen LogP contribution >= 0.6 is 24.2 Å². The van der Waals surface area contributed by atoms with E-state index in [2.05, 4.69) is 29.3 Å². The molecule has 2 atom stereocenters. The van der Waals surface area contributed by atoms with Gasteiger partial charge in [0.2, 0.25) is 0 Å². The van der Waals surface area contributed by atoms with Crippen LogP contribution in [-0.4, -0.2) is 40.6 Å². The van der Waals surface area contributed by atoms with E-state index in [0.29, 0.717) is 0 Å². The number of aryl methyl sites for hydroxylation is 1. The molecular formula is C20H23ClN2O2S. The number of amidine groups is 1. The molecule has 4 rings (SSSR count). The van der Waals surface area contributed by atoms with Crippen molar-refractivity contribution in [2.45, 2.75) is 23.8 Å². The number of benzene rings is 2. The molecule has 2 unspecified atom stereocenters. The van der Waals surface area contributed by atoms with Crippen LogP contribution in [0.5, 0.6) is 5.75 Å². The molecule has 1 fully saturated rings. The largest absolute Gasteiger partial charge is 0.496 e. The Labute approximate surface area is 164 Å². The fourth-order valence-electron chi connectivity index (χ4n) is 3.70. The first-order valence-electron chi connectivity index (χ1n) is 8.62. The number of fused-ring (bicyclic) bond motifs is 1. The fourth-order valence-corrected chi connectivity index (χ4v) is 5.13. The van der Waals surface area contributed by atoms with Crippen molar-refractivity contribution < 1.29 is 9.84 Å². The van der Waals surface area contributed by atoms with Gasteiger partial charge in [-0.15, -0.1) is 12.4 Å². The summed E-state index contributed by atoms with van der Waals surface area (Å²) in [7, 11) is 1.66. The van der Waals surface area contributed by atoms with Crippen LogP contribution in [-0.2, 0) is 12.1 Å². The molecule has 1 N–H and O–H groups in total. The van der Waals surface area contributed by atoms with Gasteiger partial charge in [0.15, 0.2) is 10.9 Å². The summed E-state index contributed by atoms with van der Waals surface area (Å²) in [4.78, 5) is 6.63. The SMILES string of the molecule is COc1ccccc1C1(O)C(CCc2ccccc2)SC2=NCCN21.Cl. The molecule has 2 aliphatic rings. The highest BCUT2D eigenvalue weighted by Crippen LogP contribution is 2.50. The topological polar surface area (TPSA) is 45.1 Å². The van der Waals surface area contributed by atoms with Gasteiger partial charge in [0.1, 0.15) is 5.75 Å². The number of halogens is 1. The standard InChI is InChI=1S/C20H22N2O2S.ClH/c1-24-17-10-6-5-9-16(17)20(23)18(25-19-21-13-14-22(19)20)12-11-15-7-3-2-4-8-15;/h2-10,18,23H,11-14H2,1H3;1H. The van der Waals surface area contributed by atoms with Gasteiger partial charge in [-0.3, -0.25) is 4.99 Å². The number of rotatable bonds is 5. The summed E-state index contributed by atoms with van der Waals surface area (Å²) in [5, 5.41) is 12.8. The van der Waals surface area contributed by atoms with Crippen LogP contribution in [0.25, 0.3) is 0 Å². The van der Waals surface area contributed by atoms with E-state index in [-0.39, 0.29) is 17.7 Å². The van der Waals surface area contributed by atoms with Crippen molar-refractivity contribution in [2.75, 3.05) is 20.2 Å². The minimum Gasteiger partial charge on any atom is -0.496 e. The molecule has 0 bridgehead atoms. The van der Waals surface area contributed by atoms with Gasteiger partial charge in [0.05, 0.1) is 18.9 Å². The number of ether oxygens (including phenoxy) is 1. The van der Waals surface area contributed by atoms with Crippen molar-refractivity contribution in [1.82, 2.24) is 4.90 Å². The third-order valence-corrected chi connectivity index (χ3v) is 6.36. The third-order valence-electron chi connectivity index (χ3n) is 4.95. The first kappa shape index (κ1) is 19.1. The second-order valence-corrected chi connectivity index (χ2v) is 7.54. The lowest BCUT2D eigenvalue weighted by molar-refractivity contribution is -0.0685. The lowest BCUT2D eigenvalue weighted by Crippen LogP contribution is -2.48. The van der Waals surface area contributed by atoms with E-state index in [1.807, 2.05) is 35.2 Å². The first-order valence-corrected chi connectivity index (χ1v) is 9.50. The van der Waals surface area contributed by atoms with Crippen LogP contribution in [0, 0.1) is 0 Å². The van der Waals surface area contributed by atoms with Gasteiger partial charge in [0.25, 0.3) is 0 Å². The quantitative estimate of drug-likeness (QED) is 0.845. The molecule has 2 aromatic carbocycles. The molecule has 0 amide bonds. The Morgan fingerprint density at radius 1 is 1.19 bits per heavy atom. The Morgan fingerprint density at radius 3 is 2.69 bits per heavy atom. The van der Waals surface area contributed by atoms with Gasteiger partial charge in [-0.25, -0.2) is 0 Å². The molecule has 0 aromatic heterocycles. The second-order valence-electron chi connectivity index (χ2n) is 6.37. The molecule has 4 nitrogen and oxygen atoms in total. The average Bonchev–Trinajstić information content (AvgIpc) is 3.23. The zero-order valence-electron chi connectivity index (χ0n) is 14.7. The Hall–Kier alpha value is -1.69. The average molecular weight is 391 g/mol. The normalized spacial score (nSPS) is 24.0. The molecule has 0 saturated carbocycles. The molecule has 26 heavy (non-hydrogen) atoms. The minimum atomic E-state index is -1.08. The van der Waals surface area contributed by atoms with Crippen LogP contribution in [0.1, 0.15) is 17.5 Å². The number of hydrogen-bond donors (Lipinski definition) is 1. The molecule has 0 spiro atoms. The summed E-state index contributed by atoms with van der Waals surface area (Å²) in [6, 6.07) is 18.2. The number of methoxy groups -OCH3 is 1. The molecule has 2 heterocycles. The predicted molar refractivity (Wildman–Crippen MR) is 109 cm³/mol. The zero-order valence-corrected chi connectivity index (χ0v) is 16.3. The Kier molecular flexibility index (Phi) is 5.80. The summed E-state index contributed by atoms with van der Waals surface area (Å²) in [6.07, 6.45) is 1.80. The molecule has 0 aliphatic carbocycles. The highest BCUT2D eigenvalue weighted by Gasteiger charge is 2.54. The minimum absolute atomic E-state index is 0. The van der Waals surface area contributed by atoms with E-state index in [9.17, 15) is 5.11 Å². The van der Waals surface area contributed by atoms with Crippen LogP contribution in [0.4, 0.5) is 0 Å². The number of para-hydroxylation sites is 1. The van der Waals surface area contributed by atoms with E-state index in [1.165, 1.54) is 5.56 Å². The number of hydrogen-bond acceptors (Lipinski definition) is 5. The van der Waals surface area contributed by atoms with Gasteiger partial charge in [-0.1, -0.05) is 60.3 Å². The molecule has 2 aliphatic heterocycles. The Balaban J connectivity index is 0.00000196. The first-order chi connectivity index (χ1) is 12.2. The smallest absolute Gasteiger partial charge is 0.182 e. The second kappa shape index (κ2) is 7.91. The maximum Gasteiger partial charge on any atom is 0.182 e. The van der Waals surface area contributed by atoms with Crippen LogP contribution in [0.15, 0.2) is 59.6 Å². The van der Waals surface area contributed by atoms with Crippen molar-refractivity contribution in [1.29, 1.82) is 0 Å². The van der Waals surface area contributed by atoms with Gasteiger partial charge in [-0.05, 0) is 24.5 Å². The van der Waals surface area contributed by atoms with Crippen molar-refractivity contribution in [2.24, 2.45) is 4.99 Å². The van der Waals surface area contributed by atoms with E-state index in [0.717, 1.165) is 42.4 Å². The van der Waals surface area contributed by atoms with Crippen LogP contribution < -0.4 is 4.74 Å². The van der Waals surface area contributed by atoms with E-state index < -0.39 is 5.72 Å². The molecule has 2 aromatic rings. The summed E-state index contributed by atoms with van der Waals surface area (Å²) in [6.45, 7) is 1.49. The van der Waals surface area contributed by atoms with E-state index in [1.54, 1.807) is 18.9 Å². The van der Waals surface area contributed by atoms with Crippen LogP contribution in [0.2, 0.25) is 0 Å². The number of nitrogens with zero attached hydrogens (tertiary/aromatic N) is 2. The lowest BCUT2D eigenvalue weighted by atomic mass is 9.92. The predicted octanol–water partition coefficient (Wildman–Crippen LogP) is 3.68. The monoisotopic (exact) mass is 390 g/mol. The van der Waals surface area contributed by atoms with Crippen molar-refractivity contribution in [3.05, 3.63) is 65.7 Å². The molecule has 138 valence electrons. The van der Waals surface area contributed by atoms with Crippen LogP contribution in [0.3, 0.4) is 0 Å². The Morgan fingerprint density at radius 2 is 1.92 bits per heavy atom. The number of thioether (sulfide) groups is 1. The summed E-state index contributed by atoms with van der Waals surface area (Å²) in [5.74, 6) is 0.725. The molecule has 1 saturated heterocycles. The Bertz CT molecular complexity index is 786. The highest BCUT2D eigenvalue weighted by atomic mass is 35.5. The summed E-state index contributed by atoms with van der Waals surface area (Å²) < 4.78 is 5.55. The van der Waals surface area contributed by atoms with Crippen molar-refractivity contribution >= 4 is 29.3 Å². The van der Waals surface area contributed by atoms with Gasteiger partial charge in [0, 0.05) is 12.1 Å². The van der Waals surface area contributed by atoms with Crippen molar-refractivity contribution in [3.8, 4) is 5.75 Å². The van der Waals surface area contributed by atoms with Gasteiger partial charge in [-0.2, -0.15) is 0 Å². The maximum atomic E-state index is 11.8. The highest BCUT2D eigenvalue weighted by molar-refractivity contribution is 8.14. The number of aliphatic imine (C=N–C) groups is 1. The van der Waals surface area contributed by atoms with Gasteiger partial charge >= 0.3 is 0 Å². The summed E-state index contributed by atoms with van der Waals surface area (Å²) in [5.41, 5.74) is 1.04. The van der Waals surface area contributed by atoms with Gasteiger partial charge < -0.3 is 14.7 Å². The zero-order chi connectivity index (χ0) is 17.3. The van der Waals surface area contributed by atoms with E-state index in [4.69, 9.17) is 4.74 Å². The lowest BCUT2D eigenvalue weighted by Gasteiger charge is -2.37. The summed E-state index contributed by atoms with van der Waals surface area (Å²) >= 11 is 1.69. The third kappa shape index (κ3) is 3.20. The molecule has 0 radical (unpaired) electrons. The molecule has 6 heteroatoms. The molecular weight excluding hydrogens is 368 g/mol. The number of aliphatic hydroxyl groups is 1. The fraction of sp³-hybridized carbons (Fsp3) is 0.350. The van der Waals surface area contributed by atoms with Crippen molar-refractivity contribution in [3.63, 3.8) is 0 Å².